The highest BCUT2D eigenvalue weighted by molar-refractivity contribution is 7.91. The van der Waals surface area contributed by atoms with Gasteiger partial charge in [-0.3, -0.25) is 4.90 Å². The summed E-state index contributed by atoms with van der Waals surface area (Å²) >= 11 is 0. The van der Waals surface area contributed by atoms with Gasteiger partial charge < -0.3 is 4.74 Å². The van der Waals surface area contributed by atoms with E-state index < -0.39 is 9.84 Å². The molecule has 0 N–H and O–H groups in total. The Morgan fingerprint density at radius 3 is 2.52 bits per heavy atom. The van der Waals surface area contributed by atoms with Crippen molar-refractivity contribution in [2.45, 2.75) is 35.7 Å². The van der Waals surface area contributed by atoms with Gasteiger partial charge in [0.2, 0.25) is 9.84 Å². The molecule has 148 valence electrons. The normalized spacial score (nSPS) is 16.1. The zero-order valence-corrected chi connectivity index (χ0v) is 17.0. The molecule has 3 aromatic rings. The van der Waals surface area contributed by atoms with Crippen LogP contribution in [-0.2, 0) is 35.8 Å². The van der Waals surface area contributed by atoms with Crippen molar-refractivity contribution in [3.63, 3.8) is 0 Å². The van der Waals surface area contributed by atoms with Crippen LogP contribution < -0.4 is 4.74 Å². The number of sulfone groups is 1. The van der Waals surface area contributed by atoms with Gasteiger partial charge in [0, 0.05) is 26.1 Å². The molecular weight excluding hydrogens is 382 g/mol. The van der Waals surface area contributed by atoms with Gasteiger partial charge in [0.05, 0.1) is 16.4 Å². The van der Waals surface area contributed by atoms with E-state index in [0.29, 0.717) is 16.3 Å². The Morgan fingerprint density at radius 1 is 0.862 bits per heavy atom. The molecule has 29 heavy (non-hydrogen) atoms. The van der Waals surface area contributed by atoms with Crippen LogP contribution in [0.25, 0.3) is 0 Å². The van der Waals surface area contributed by atoms with Gasteiger partial charge in [-0.2, -0.15) is 0 Å². The standard InChI is InChI=1S/C24H23NO3S/c26-29(27,22-7-2-1-3-8-22)24-9-5-4-6-20(24)16-25-12-10-18-15-23-19(11-13-28-23)14-21(18)17-25/h1-9,14-15H,10-13,16-17H2. The van der Waals surface area contributed by atoms with Gasteiger partial charge in [-0.15, -0.1) is 0 Å². The van der Waals surface area contributed by atoms with E-state index in [0.717, 1.165) is 43.9 Å². The highest BCUT2D eigenvalue weighted by Gasteiger charge is 2.25. The molecule has 0 unspecified atom stereocenters. The molecule has 0 spiro atoms. The van der Waals surface area contributed by atoms with E-state index in [1.807, 2.05) is 18.2 Å². The maximum Gasteiger partial charge on any atom is 0.206 e. The largest absolute Gasteiger partial charge is 0.493 e. The highest BCUT2D eigenvalue weighted by Crippen LogP contribution is 2.32. The van der Waals surface area contributed by atoms with Gasteiger partial charge in [0.1, 0.15) is 5.75 Å². The molecule has 5 heteroatoms. The lowest BCUT2D eigenvalue weighted by molar-refractivity contribution is 0.243. The third-order valence-electron chi connectivity index (χ3n) is 5.81. The van der Waals surface area contributed by atoms with E-state index in [1.54, 1.807) is 36.4 Å². The predicted octanol–water partition coefficient (Wildman–Crippen LogP) is 4.01. The summed E-state index contributed by atoms with van der Waals surface area (Å²) in [5.74, 6) is 1.04. The molecule has 0 saturated carbocycles. The number of hydrogen-bond acceptors (Lipinski definition) is 4. The molecule has 0 radical (unpaired) electrons. The molecule has 0 aliphatic carbocycles. The molecular formula is C24H23NO3S. The molecule has 2 heterocycles. The second-order valence-corrected chi connectivity index (χ2v) is 9.63. The van der Waals surface area contributed by atoms with Gasteiger partial charge in [0.15, 0.2) is 0 Å². The van der Waals surface area contributed by atoms with E-state index in [4.69, 9.17) is 4.74 Å². The van der Waals surface area contributed by atoms with Crippen molar-refractivity contribution in [2.75, 3.05) is 13.2 Å². The Bertz CT molecular complexity index is 1160. The summed E-state index contributed by atoms with van der Waals surface area (Å²) in [5.41, 5.74) is 4.83. The number of hydrogen-bond donors (Lipinski definition) is 0. The van der Waals surface area contributed by atoms with Crippen molar-refractivity contribution in [1.29, 1.82) is 0 Å². The third-order valence-corrected chi connectivity index (χ3v) is 7.68. The van der Waals surface area contributed by atoms with Crippen LogP contribution in [0.15, 0.2) is 76.5 Å². The Hall–Kier alpha value is -2.63. The van der Waals surface area contributed by atoms with E-state index >= 15 is 0 Å². The summed E-state index contributed by atoms with van der Waals surface area (Å²) in [5, 5.41) is 0. The lowest BCUT2D eigenvalue weighted by atomic mass is 9.96. The summed E-state index contributed by atoms with van der Waals surface area (Å²) in [4.78, 5) is 3.08. The molecule has 0 fully saturated rings. The SMILES string of the molecule is O=S(=O)(c1ccccc1)c1ccccc1CN1CCc2cc3c(cc2C1)CCO3. The molecule has 0 saturated heterocycles. The van der Waals surface area contributed by atoms with Crippen molar-refractivity contribution in [3.05, 3.63) is 89.0 Å². The predicted molar refractivity (Wildman–Crippen MR) is 112 cm³/mol. The van der Waals surface area contributed by atoms with Crippen LogP contribution in [0.4, 0.5) is 0 Å². The van der Waals surface area contributed by atoms with E-state index in [9.17, 15) is 8.42 Å². The molecule has 0 bridgehead atoms. The minimum atomic E-state index is -3.53. The Kier molecular flexibility index (Phi) is 4.64. The van der Waals surface area contributed by atoms with Crippen molar-refractivity contribution >= 4 is 9.84 Å². The van der Waals surface area contributed by atoms with E-state index in [1.165, 1.54) is 16.7 Å². The van der Waals surface area contributed by atoms with Crippen molar-refractivity contribution in [2.24, 2.45) is 0 Å². The number of benzene rings is 3. The molecule has 0 atom stereocenters. The maximum absolute atomic E-state index is 13.2. The highest BCUT2D eigenvalue weighted by atomic mass is 32.2. The maximum atomic E-state index is 13.2. The van der Waals surface area contributed by atoms with E-state index in [2.05, 4.69) is 17.0 Å². The first-order valence-corrected chi connectivity index (χ1v) is 11.5. The summed E-state index contributed by atoms with van der Waals surface area (Å²) < 4.78 is 32.1. The topological polar surface area (TPSA) is 46.6 Å². The fourth-order valence-electron chi connectivity index (χ4n) is 4.30. The first-order chi connectivity index (χ1) is 14.1. The number of rotatable bonds is 4. The average Bonchev–Trinajstić information content (AvgIpc) is 3.20. The fourth-order valence-corrected chi connectivity index (χ4v) is 5.80. The van der Waals surface area contributed by atoms with Gasteiger partial charge in [-0.05, 0) is 52.9 Å². The number of nitrogens with zero attached hydrogens (tertiary/aromatic N) is 1. The summed E-state index contributed by atoms with van der Waals surface area (Å²) in [7, 11) is -3.53. The van der Waals surface area contributed by atoms with Gasteiger partial charge in [-0.1, -0.05) is 42.5 Å². The van der Waals surface area contributed by atoms with Crippen LogP contribution in [0.5, 0.6) is 5.75 Å². The summed E-state index contributed by atoms with van der Waals surface area (Å²) in [6.07, 6.45) is 1.93. The second kappa shape index (κ2) is 7.32. The van der Waals surface area contributed by atoms with Gasteiger partial charge >= 0.3 is 0 Å². The molecule has 5 rings (SSSR count). The lowest BCUT2D eigenvalue weighted by Crippen LogP contribution is -2.30. The molecule has 4 nitrogen and oxygen atoms in total. The first kappa shape index (κ1) is 18.4. The summed E-state index contributed by atoms with van der Waals surface area (Å²) in [6, 6.07) is 20.5. The Labute approximate surface area is 171 Å². The van der Waals surface area contributed by atoms with Crippen molar-refractivity contribution in [1.82, 2.24) is 4.90 Å². The van der Waals surface area contributed by atoms with Crippen LogP contribution >= 0.6 is 0 Å². The van der Waals surface area contributed by atoms with Crippen LogP contribution in [0.1, 0.15) is 22.3 Å². The molecule has 0 aromatic heterocycles. The smallest absolute Gasteiger partial charge is 0.206 e. The van der Waals surface area contributed by atoms with Crippen LogP contribution in [-0.4, -0.2) is 26.5 Å². The molecule has 2 aliphatic heterocycles. The molecule has 2 aliphatic rings. The zero-order chi connectivity index (χ0) is 19.8. The molecule has 0 amide bonds. The molecule has 3 aromatic carbocycles. The second-order valence-electron chi connectivity index (χ2n) is 7.71. The van der Waals surface area contributed by atoms with Crippen molar-refractivity contribution in [3.8, 4) is 5.75 Å². The monoisotopic (exact) mass is 405 g/mol. The average molecular weight is 406 g/mol. The van der Waals surface area contributed by atoms with Crippen LogP contribution in [0.3, 0.4) is 0 Å². The van der Waals surface area contributed by atoms with Crippen LogP contribution in [0.2, 0.25) is 0 Å². The number of fused-ring (bicyclic) bond motifs is 2. The third kappa shape index (κ3) is 3.45. The first-order valence-electron chi connectivity index (χ1n) is 9.99. The number of ether oxygens (including phenoxy) is 1. The zero-order valence-electron chi connectivity index (χ0n) is 16.2. The van der Waals surface area contributed by atoms with Crippen LogP contribution in [0, 0.1) is 0 Å². The minimum absolute atomic E-state index is 0.340. The minimum Gasteiger partial charge on any atom is -0.493 e. The lowest BCUT2D eigenvalue weighted by Gasteiger charge is -2.29. The fraction of sp³-hybridized carbons (Fsp3) is 0.250. The van der Waals surface area contributed by atoms with Gasteiger partial charge in [0.25, 0.3) is 0 Å². The van der Waals surface area contributed by atoms with E-state index in [-0.39, 0.29) is 0 Å². The Balaban J connectivity index is 1.42. The quantitative estimate of drug-likeness (QED) is 0.658. The summed E-state index contributed by atoms with van der Waals surface area (Å²) in [6.45, 7) is 3.13. The van der Waals surface area contributed by atoms with Crippen molar-refractivity contribution < 1.29 is 13.2 Å². The van der Waals surface area contributed by atoms with Gasteiger partial charge in [-0.25, -0.2) is 8.42 Å². The Morgan fingerprint density at radius 2 is 1.66 bits per heavy atom.